The molecule has 0 saturated heterocycles. The smallest absolute Gasteiger partial charge is 0.259 e. The molecular formula is C25H22ClN5O3S2. The molecule has 1 aliphatic rings. The second kappa shape index (κ2) is 10.1. The highest BCUT2D eigenvalue weighted by Crippen LogP contribution is 2.29. The molecule has 0 fully saturated rings. The Morgan fingerprint density at radius 1 is 1.14 bits per heavy atom. The number of thiazole rings is 1. The lowest BCUT2D eigenvalue weighted by Gasteiger charge is -2.10. The van der Waals surface area contributed by atoms with E-state index in [0.29, 0.717) is 34.1 Å². The van der Waals surface area contributed by atoms with Gasteiger partial charge in [0.05, 0.1) is 18.5 Å². The molecule has 8 nitrogen and oxygen atoms in total. The molecule has 0 amide bonds. The fraction of sp³-hybridized carbons (Fsp3) is 0.280. The van der Waals surface area contributed by atoms with Gasteiger partial charge < -0.3 is 9.15 Å². The van der Waals surface area contributed by atoms with E-state index in [1.54, 1.807) is 40.2 Å². The summed E-state index contributed by atoms with van der Waals surface area (Å²) in [4.78, 5) is 19.8. The molecule has 11 heteroatoms. The van der Waals surface area contributed by atoms with Crippen molar-refractivity contribution in [2.75, 3.05) is 0 Å². The highest BCUT2D eigenvalue weighted by molar-refractivity contribution is 7.98. The average molecular weight is 540 g/mol. The largest absolute Gasteiger partial charge is 0.486 e. The number of halogens is 1. The Morgan fingerprint density at radius 2 is 2.00 bits per heavy atom. The summed E-state index contributed by atoms with van der Waals surface area (Å²) in [7, 11) is 0. The van der Waals surface area contributed by atoms with Crippen molar-refractivity contribution in [1.29, 1.82) is 0 Å². The molecule has 184 valence electrons. The molecular weight excluding hydrogens is 518 g/mol. The zero-order chi connectivity index (χ0) is 24.5. The van der Waals surface area contributed by atoms with Crippen molar-refractivity contribution in [3.8, 4) is 5.75 Å². The Hall–Kier alpha value is -3.08. The van der Waals surface area contributed by atoms with Crippen LogP contribution >= 0.6 is 34.7 Å². The number of thioether (sulfide) groups is 1. The molecule has 1 aliphatic carbocycles. The number of hydrogen-bond donors (Lipinski definition) is 0. The van der Waals surface area contributed by atoms with Crippen LogP contribution in [-0.2, 0) is 31.7 Å². The van der Waals surface area contributed by atoms with Crippen LogP contribution < -0.4 is 10.3 Å². The van der Waals surface area contributed by atoms with Gasteiger partial charge in [0.1, 0.15) is 18.1 Å². The molecule has 6 rings (SSSR count). The standard InChI is InChI=1S/C25H22ClN5O3S2/c26-16-7-9-18(10-8-16)34-14-22-28-29-25(30(22)13-19-4-3-11-33-19)35-15-17-12-23(32)31-20-5-1-2-6-21(20)36-24(31)27-17/h3-4,7-12H,1-2,5-6,13-15H2. The first-order valence-electron chi connectivity index (χ1n) is 11.6. The fourth-order valence-electron chi connectivity index (χ4n) is 4.28. The zero-order valence-electron chi connectivity index (χ0n) is 19.2. The van der Waals surface area contributed by atoms with Crippen LogP contribution in [0, 0.1) is 0 Å². The van der Waals surface area contributed by atoms with Crippen LogP contribution in [0.2, 0.25) is 5.02 Å². The van der Waals surface area contributed by atoms with Crippen molar-refractivity contribution in [2.45, 2.75) is 49.7 Å². The second-order valence-corrected chi connectivity index (χ2v) is 10.9. The summed E-state index contributed by atoms with van der Waals surface area (Å²) in [6.07, 6.45) is 5.92. The molecule has 0 atom stereocenters. The van der Waals surface area contributed by atoms with E-state index in [4.69, 9.17) is 25.7 Å². The number of benzene rings is 1. The topological polar surface area (TPSA) is 87.5 Å². The number of fused-ring (bicyclic) bond motifs is 3. The van der Waals surface area contributed by atoms with E-state index in [0.717, 1.165) is 41.4 Å². The molecule has 0 aliphatic heterocycles. The number of aryl methyl sites for hydroxylation is 2. The Bertz CT molecular complexity index is 1560. The van der Waals surface area contributed by atoms with E-state index >= 15 is 0 Å². The van der Waals surface area contributed by atoms with Gasteiger partial charge in [-0.15, -0.1) is 21.5 Å². The highest BCUT2D eigenvalue weighted by Gasteiger charge is 2.20. The first kappa shape index (κ1) is 23.3. The molecule has 0 spiro atoms. The minimum atomic E-state index is -0.0101. The molecule has 4 aromatic heterocycles. The van der Waals surface area contributed by atoms with Gasteiger partial charge in [-0.05, 0) is 62.1 Å². The van der Waals surface area contributed by atoms with Crippen molar-refractivity contribution in [3.05, 3.63) is 92.0 Å². The van der Waals surface area contributed by atoms with Crippen molar-refractivity contribution in [1.82, 2.24) is 24.1 Å². The Balaban J connectivity index is 1.23. The maximum Gasteiger partial charge on any atom is 0.259 e. The molecule has 0 bridgehead atoms. The molecule has 5 aromatic rings. The van der Waals surface area contributed by atoms with Crippen LogP contribution in [0.5, 0.6) is 5.75 Å². The number of hydrogen-bond acceptors (Lipinski definition) is 8. The van der Waals surface area contributed by atoms with Crippen LogP contribution in [0.3, 0.4) is 0 Å². The first-order chi connectivity index (χ1) is 17.6. The summed E-state index contributed by atoms with van der Waals surface area (Å²) in [6.45, 7) is 0.705. The van der Waals surface area contributed by atoms with Gasteiger partial charge in [0.15, 0.2) is 15.9 Å². The monoisotopic (exact) mass is 539 g/mol. The summed E-state index contributed by atoms with van der Waals surface area (Å²) >= 11 is 9.09. The van der Waals surface area contributed by atoms with Crippen molar-refractivity contribution in [2.24, 2.45) is 0 Å². The maximum atomic E-state index is 12.9. The quantitative estimate of drug-likeness (QED) is 0.244. The molecule has 0 unspecified atom stereocenters. The van der Waals surface area contributed by atoms with E-state index in [9.17, 15) is 4.79 Å². The summed E-state index contributed by atoms with van der Waals surface area (Å²) < 4.78 is 15.2. The van der Waals surface area contributed by atoms with Gasteiger partial charge in [-0.25, -0.2) is 4.98 Å². The minimum Gasteiger partial charge on any atom is -0.486 e. The SMILES string of the molecule is O=c1cc(CSc2nnc(COc3ccc(Cl)cc3)n2Cc2ccco2)nc2sc3c(n12)CCCC3. The maximum absolute atomic E-state index is 12.9. The third-order valence-corrected chi connectivity index (χ3v) is 8.43. The van der Waals surface area contributed by atoms with E-state index in [1.807, 2.05) is 28.8 Å². The number of aromatic nitrogens is 5. The molecule has 0 saturated carbocycles. The lowest BCUT2D eigenvalue weighted by molar-refractivity contribution is 0.287. The van der Waals surface area contributed by atoms with E-state index in [1.165, 1.54) is 23.1 Å². The molecule has 0 radical (unpaired) electrons. The van der Waals surface area contributed by atoms with Gasteiger partial charge >= 0.3 is 0 Å². The number of ether oxygens (including phenoxy) is 1. The Morgan fingerprint density at radius 3 is 2.83 bits per heavy atom. The van der Waals surface area contributed by atoms with Gasteiger partial charge in [0.2, 0.25) is 0 Å². The van der Waals surface area contributed by atoms with E-state index < -0.39 is 0 Å². The highest BCUT2D eigenvalue weighted by atomic mass is 35.5. The predicted octanol–water partition coefficient (Wildman–Crippen LogP) is 5.39. The van der Waals surface area contributed by atoms with Crippen LogP contribution in [0.25, 0.3) is 4.96 Å². The molecule has 0 N–H and O–H groups in total. The van der Waals surface area contributed by atoms with Crippen LogP contribution in [-0.4, -0.2) is 24.1 Å². The predicted molar refractivity (Wildman–Crippen MR) is 139 cm³/mol. The van der Waals surface area contributed by atoms with Crippen LogP contribution in [0.15, 0.2) is 63.1 Å². The molecule has 36 heavy (non-hydrogen) atoms. The van der Waals surface area contributed by atoms with E-state index in [-0.39, 0.29) is 12.2 Å². The number of furan rings is 1. The zero-order valence-corrected chi connectivity index (χ0v) is 21.6. The van der Waals surface area contributed by atoms with E-state index in [2.05, 4.69) is 10.2 Å². The lowest BCUT2D eigenvalue weighted by Crippen LogP contribution is -2.17. The normalized spacial score (nSPS) is 13.2. The summed E-state index contributed by atoms with van der Waals surface area (Å²) in [6, 6.07) is 12.6. The Kier molecular flexibility index (Phi) is 6.56. The van der Waals surface area contributed by atoms with Gasteiger partial charge in [-0.3, -0.25) is 13.8 Å². The lowest BCUT2D eigenvalue weighted by atomic mass is 10.0. The minimum absolute atomic E-state index is 0.0101. The van der Waals surface area contributed by atoms with Crippen molar-refractivity contribution in [3.63, 3.8) is 0 Å². The average Bonchev–Trinajstić information content (AvgIpc) is 3.62. The second-order valence-electron chi connectivity index (χ2n) is 8.48. The van der Waals surface area contributed by atoms with Gasteiger partial charge in [0.25, 0.3) is 5.56 Å². The third-order valence-electron chi connectivity index (χ3n) is 6.03. The van der Waals surface area contributed by atoms with Gasteiger partial charge in [-0.1, -0.05) is 23.4 Å². The number of rotatable bonds is 8. The van der Waals surface area contributed by atoms with Crippen molar-refractivity contribution < 1.29 is 9.15 Å². The molecule has 1 aromatic carbocycles. The fourth-order valence-corrected chi connectivity index (χ4v) is 6.49. The van der Waals surface area contributed by atoms with Gasteiger partial charge in [0, 0.05) is 27.4 Å². The van der Waals surface area contributed by atoms with Crippen LogP contribution in [0.1, 0.15) is 40.7 Å². The number of nitrogens with zero attached hydrogens (tertiary/aromatic N) is 5. The summed E-state index contributed by atoms with van der Waals surface area (Å²) in [5.74, 6) is 2.64. The summed E-state index contributed by atoms with van der Waals surface area (Å²) in [5, 5.41) is 10.1. The molecule has 4 heterocycles. The van der Waals surface area contributed by atoms with Crippen molar-refractivity contribution >= 4 is 39.7 Å². The summed E-state index contributed by atoms with van der Waals surface area (Å²) in [5.41, 5.74) is 1.86. The Labute approximate surface area is 219 Å². The van der Waals surface area contributed by atoms with Crippen LogP contribution in [0.4, 0.5) is 0 Å². The first-order valence-corrected chi connectivity index (χ1v) is 13.8. The third kappa shape index (κ3) is 4.80. The van der Waals surface area contributed by atoms with Gasteiger partial charge in [-0.2, -0.15) is 0 Å².